The standard InChI is InChI=1S/C26H35N5O/c1-17(2)21-16-20(23-19(4)28-31(24(23)27-21)26(5,6)7)25(32)30-14-12-29(13-15-30)22-11-9-8-10-18(22)3/h8-11,16-17H,12-15H2,1-7H3. The Bertz CT molecular complexity index is 1150. The zero-order valence-electron chi connectivity index (χ0n) is 20.4. The van der Waals surface area contributed by atoms with E-state index in [4.69, 9.17) is 10.1 Å². The lowest BCUT2D eigenvalue weighted by atomic mass is 10.0. The van der Waals surface area contributed by atoms with E-state index in [1.165, 1.54) is 11.3 Å². The van der Waals surface area contributed by atoms with E-state index in [0.29, 0.717) is 13.1 Å². The molecule has 6 heteroatoms. The lowest BCUT2D eigenvalue weighted by Gasteiger charge is -2.37. The Kier molecular flexibility index (Phi) is 5.74. The molecule has 3 aromatic rings. The van der Waals surface area contributed by atoms with Crippen LogP contribution >= 0.6 is 0 Å². The molecule has 0 unspecified atom stereocenters. The minimum Gasteiger partial charge on any atom is -0.368 e. The largest absolute Gasteiger partial charge is 0.368 e. The highest BCUT2D eigenvalue weighted by Crippen LogP contribution is 2.30. The average molecular weight is 434 g/mol. The van der Waals surface area contributed by atoms with Crippen LogP contribution in [0.3, 0.4) is 0 Å². The van der Waals surface area contributed by atoms with Gasteiger partial charge in [0.15, 0.2) is 5.65 Å². The van der Waals surface area contributed by atoms with Crippen molar-refractivity contribution >= 4 is 22.6 Å². The molecule has 1 saturated heterocycles. The van der Waals surface area contributed by atoms with E-state index >= 15 is 0 Å². The molecule has 3 heterocycles. The lowest BCUT2D eigenvalue weighted by molar-refractivity contribution is 0.0748. The maximum absolute atomic E-state index is 13.8. The Morgan fingerprint density at radius 2 is 1.69 bits per heavy atom. The van der Waals surface area contributed by atoms with E-state index < -0.39 is 0 Å². The summed E-state index contributed by atoms with van der Waals surface area (Å²) in [7, 11) is 0. The monoisotopic (exact) mass is 433 g/mol. The molecule has 1 aliphatic rings. The molecule has 1 fully saturated rings. The molecule has 4 rings (SSSR count). The fraction of sp³-hybridized carbons (Fsp3) is 0.500. The summed E-state index contributed by atoms with van der Waals surface area (Å²) in [6, 6.07) is 10.4. The number of carbonyl (C=O) groups is 1. The van der Waals surface area contributed by atoms with Crippen molar-refractivity contribution in [3.8, 4) is 0 Å². The maximum atomic E-state index is 13.8. The van der Waals surface area contributed by atoms with Crippen LogP contribution in [0, 0.1) is 13.8 Å². The van der Waals surface area contributed by atoms with Crippen LogP contribution in [0.5, 0.6) is 0 Å². The molecule has 32 heavy (non-hydrogen) atoms. The number of piperazine rings is 1. The van der Waals surface area contributed by atoms with Crippen LogP contribution in [-0.4, -0.2) is 51.8 Å². The van der Waals surface area contributed by atoms with Gasteiger partial charge >= 0.3 is 0 Å². The Labute approximate surface area is 191 Å². The molecular weight excluding hydrogens is 398 g/mol. The van der Waals surface area contributed by atoms with Gasteiger partial charge < -0.3 is 9.80 Å². The first-order valence-electron chi connectivity index (χ1n) is 11.6. The smallest absolute Gasteiger partial charge is 0.254 e. The number of hydrogen-bond acceptors (Lipinski definition) is 4. The summed E-state index contributed by atoms with van der Waals surface area (Å²) in [6.45, 7) is 17.8. The lowest BCUT2D eigenvalue weighted by Crippen LogP contribution is -2.49. The van der Waals surface area contributed by atoms with Crippen LogP contribution in [0.4, 0.5) is 5.69 Å². The van der Waals surface area contributed by atoms with Crippen molar-refractivity contribution in [3.05, 3.63) is 52.8 Å². The third-order valence-electron chi connectivity index (χ3n) is 6.31. The third-order valence-corrected chi connectivity index (χ3v) is 6.31. The second kappa shape index (κ2) is 8.23. The molecule has 1 aromatic carbocycles. The molecule has 0 bridgehead atoms. The summed E-state index contributed by atoms with van der Waals surface area (Å²) in [5.74, 6) is 0.313. The van der Waals surface area contributed by atoms with Gasteiger partial charge in [-0.1, -0.05) is 32.0 Å². The van der Waals surface area contributed by atoms with Crippen LogP contribution in [0.1, 0.15) is 67.8 Å². The van der Waals surface area contributed by atoms with Gasteiger partial charge in [0.25, 0.3) is 5.91 Å². The molecular formula is C26H35N5O. The molecule has 6 nitrogen and oxygen atoms in total. The molecule has 2 aromatic heterocycles. The number of hydrogen-bond donors (Lipinski definition) is 0. The van der Waals surface area contributed by atoms with Gasteiger partial charge in [-0.15, -0.1) is 0 Å². The topological polar surface area (TPSA) is 54.3 Å². The van der Waals surface area contributed by atoms with Gasteiger partial charge in [-0.05, 0) is 58.2 Å². The van der Waals surface area contributed by atoms with Crippen LogP contribution in [-0.2, 0) is 5.54 Å². The summed E-state index contributed by atoms with van der Waals surface area (Å²) in [5.41, 5.74) is 5.66. The van der Waals surface area contributed by atoms with E-state index in [1.807, 2.05) is 22.6 Å². The van der Waals surface area contributed by atoms with Gasteiger partial charge in [0, 0.05) is 37.6 Å². The molecule has 1 amide bonds. The molecule has 1 aliphatic heterocycles. The van der Waals surface area contributed by atoms with Gasteiger partial charge in [-0.3, -0.25) is 4.79 Å². The molecule has 0 saturated carbocycles. The van der Waals surface area contributed by atoms with Crippen LogP contribution in [0.2, 0.25) is 0 Å². The first-order chi connectivity index (χ1) is 15.1. The number of aromatic nitrogens is 3. The van der Waals surface area contributed by atoms with Gasteiger partial charge in [-0.2, -0.15) is 5.10 Å². The average Bonchev–Trinajstić information content (AvgIpc) is 3.10. The number of fused-ring (bicyclic) bond motifs is 1. The summed E-state index contributed by atoms with van der Waals surface area (Å²) in [5, 5.41) is 5.67. The Morgan fingerprint density at radius 3 is 2.28 bits per heavy atom. The van der Waals surface area contributed by atoms with Crippen molar-refractivity contribution < 1.29 is 4.79 Å². The number of anilines is 1. The number of para-hydroxylation sites is 1. The zero-order chi connectivity index (χ0) is 23.2. The summed E-state index contributed by atoms with van der Waals surface area (Å²) < 4.78 is 1.97. The fourth-order valence-electron chi connectivity index (χ4n) is 4.48. The Morgan fingerprint density at radius 1 is 1.03 bits per heavy atom. The fourth-order valence-corrected chi connectivity index (χ4v) is 4.48. The van der Waals surface area contributed by atoms with E-state index in [-0.39, 0.29) is 17.4 Å². The van der Waals surface area contributed by atoms with Crippen molar-refractivity contribution in [2.45, 2.75) is 59.9 Å². The number of carbonyl (C=O) groups excluding carboxylic acids is 1. The van der Waals surface area contributed by atoms with Crippen molar-refractivity contribution in [2.75, 3.05) is 31.1 Å². The van der Waals surface area contributed by atoms with Crippen molar-refractivity contribution in [1.29, 1.82) is 0 Å². The summed E-state index contributed by atoms with van der Waals surface area (Å²) in [6.07, 6.45) is 0. The van der Waals surface area contributed by atoms with Crippen molar-refractivity contribution in [3.63, 3.8) is 0 Å². The number of nitrogens with zero attached hydrogens (tertiary/aromatic N) is 5. The van der Waals surface area contributed by atoms with Crippen LogP contribution in [0.15, 0.2) is 30.3 Å². The molecule has 0 atom stereocenters. The van der Waals surface area contributed by atoms with E-state index in [1.54, 1.807) is 0 Å². The van der Waals surface area contributed by atoms with Crippen molar-refractivity contribution in [1.82, 2.24) is 19.7 Å². The number of aryl methyl sites for hydroxylation is 2. The normalized spacial score (nSPS) is 15.1. The van der Waals surface area contributed by atoms with Gasteiger partial charge in [0.2, 0.25) is 0 Å². The van der Waals surface area contributed by atoms with E-state index in [9.17, 15) is 4.79 Å². The zero-order valence-corrected chi connectivity index (χ0v) is 20.4. The second-order valence-corrected chi connectivity index (χ2v) is 10.2. The number of benzene rings is 1. The highest BCUT2D eigenvalue weighted by molar-refractivity contribution is 6.06. The van der Waals surface area contributed by atoms with Crippen molar-refractivity contribution in [2.24, 2.45) is 0 Å². The third kappa shape index (κ3) is 3.98. The van der Waals surface area contributed by atoms with Gasteiger partial charge in [0.1, 0.15) is 0 Å². The molecule has 170 valence electrons. The first kappa shape index (κ1) is 22.3. The number of pyridine rings is 1. The summed E-state index contributed by atoms with van der Waals surface area (Å²) in [4.78, 5) is 23.1. The molecule has 0 N–H and O–H groups in total. The maximum Gasteiger partial charge on any atom is 0.254 e. The highest BCUT2D eigenvalue weighted by atomic mass is 16.2. The second-order valence-electron chi connectivity index (χ2n) is 10.2. The first-order valence-corrected chi connectivity index (χ1v) is 11.6. The predicted octanol–water partition coefficient (Wildman–Crippen LogP) is 4.89. The van der Waals surface area contributed by atoms with Gasteiger partial charge in [-0.25, -0.2) is 9.67 Å². The minimum atomic E-state index is -0.214. The van der Waals surface area contributed by atoms with E-state index in [0.717, 1.165) is 41.1 Å². The van der Waals surface area contributed by atoms with Gasteiger partial charge in [0.05, 0.1) is 22.2 Å². The minimum absolute atomic E-state index is 0.0836. The number of rotatable bonds is 3. The molecule has 0 spiro atoms. The Balaban J connectivity index is 1.68. The quantitative estimate of drug-likeness (QED) is 0.590. The SMILES string of the molecule is Cc1ccccc1N1CCN(C(=O)c2cc(C(C)C)nc3c2c(C)nn3C(C)(C)C)CC1. The van der Waals surface area contributed by atoms with Crippen LogP contribution in [0.25, 0.3) is 11.0 Å². The van der Waals surface area contributed by atoms with Crippen LogP contribution < -0.4 is 4.90 Å². The molecule has 0 aliphatic carbocycles. The van der Waals surface area contributed by atoms with E-state index in [2.05, 4.69) is 70.7 Å². The molecule has 0 radical (unpaired) electrons. The predicted molar refractivity (Wildman–Crippen MR) is 131 cm³/mol. The summed E-state index contributed by atoms with van der Waals surface area (Å²) >= 11 is 0. The highest BCUT2D eigenvalue weighted by Gasteiger charge is 2.29. The number of amides is 1. The Hall–Kier alpha value is -2.89.